The van der Waals surface area contributed by atoms with E-state index in [2.05, 4.69) is 5.32 Å². The van der Waals surface area contributed by atoms with Gasteiger partial charge in [0.1, 0.15) is 0 Å². The van der Waals surface area contributed by atoms with Crippen molar-refractivity contribution in [3.8, 4) is 0 Å². The molecule has 5 nitrogen and oxygen atoms in total. The second-order valence-corrected chi connectivity index (χ2v) is 5.53. The van der Waals surface area contributed by atoms with Crippen molar-refractivity contribution in [1.29, 1.82) is 0 Å². The van der Waals surface area contributed by atoms with E-state index >= 15 is 0 Å². The number of nitrogen functional groups attached to an aromatic ring is 1. The number of ether oxygens (including phenoxy) is 1. The molecular weight excluding hydrogens is 339 g/mol. The summed E-state index contributed by atoms with van der Waals surface area (Å²) in [6.45, 7) is 1.45. The lowest BCUT2D eigenvalue weighted by molar-refractivity contribution is -0.123. The molecular formula is C16H14Cl2N2O3. The number of anilines is 2. The third-order valence-corrected chi connectivity index (χ3v) is 3.72. The van der Waals surface area contributed by atoms with E-state index in [1.807, 2.05) is 0 Å². The van der Waals surface area contributed by atoms with Crippen LogP contribution in [0.3, 0.4) is 0 Å². The lowest BCUT2D eigenvalue weighted by Crippen LogP contribution is -2.30. The van der Waals surface area contributed by atoms with Gasteiger partial charge in [-0.1, -0.05) is 41.4 Å². The fraction of sp³-hybridized carbons (Fsp3) is 0.125. The Morgan fingerprint density at radius 1 is 1.09 bits per heavy atom. The molecule has 0 saturated carbocycles. The maximum absolute atomic E-state index is 12.1. The lowest BCUT2D eigenvalue weighted by Gasteiger charge is -2.15. The van der Waals surface area contributed by atoms with Crippen molar-refractivity contribution in [3.63, 3.8) is 0 Å². The van der Waals surface area contributed by atoms with Gasteiger partial charge in [0.15, 0.2) is 6.10 Å². The molecule has 0 aliphatic carbocycles. The number of rotatable bonds is 4. The minimum atomic E-state index is -1.03. The normalized spacial score (nSPS) is 11.6. The zero-order valence-electron chi connectivity index (χ0n) is 12.2. The van der Waals surface area contributed by atoms with E-state index in [1.165, 1.54) is 13.0 Å². The van der Waals surface area contributed by atoms with Gasteiger partial charge in [-0.05, 0) is 31.2 Å². The fourth-order valence-corrected chi connectivity index (χ4v) is 2.15. The number of carbonyl (C=O) groups is 2. The molecule has 2 aromatic carbocycles. The minimum absolute atomic E-state index is 0.106. The molecule has 0 fully saturated rings. The summed E-state index contributed by atoms with van der Waals surface area (Å²) in [6, 6.07) is 11.4. The van der Waals surface area contributed by atoms with Crippen LogP contribution in [0.2, 0.25) is 10.0 Å². The predicted molar refractivity (Wildman–Crippen MR) is 90.8 cm³/mol. The van der Waals surface area contributed by atoms with Crippen LogP contribution in [0.5, 0.6) is 0 Å². The maximum Gasteiger partial charge on any atom is 0.341 e. The first-order chi connectivity index (χ1) is 10.9. The number of para-hydroxylation sites is 2. The summed E-state index contributed by atoms with van der Waals surface area (Å²) in [5.41, 5.74) is 6.38. The van der Waals surface area contributed by atoms with E-state index in [1.54, 1.807) is 36.4 Å². The summed E-state index contributed by atoms with van der Waals surface area (Å²) in [6.07, 6.45) is -1.03. The summed E-state index contributed by atoms with van der Waals surface area (Å²) in [5, 5.41) is 3.22. The van der Waals surface area contributed by atoms with Crippen molar-refractivity contribution in [2.75, 3.05) is 11.1 Å². The molecule has 0 heterocycles. The van der Waals surface area contributed by atoms with Gasteiger partial charge in [0.05, 0.1) is 27.0 Å². The topological polar surface area (TPSA) is 81.4 Å². The Kier molecular flexibility index (Phi) is 5.47. The van der Waals surface area contributed by atoms with E-state index in [0.717, 1.165) is 0 Å². The standard InChI is InChI=1S/C16H14Cl2N2O3/c1-9(15(21)20-13-8-3-2-6-11(13)17)23-16(22)10-5-4-7-12(18)14(10)19/h2-9H,19H2,1H3,(H,20,21)/t9-/m1/s1. The highest BCUT2D eigenvalue weighted by atomic mass is 35.5. The first-order valence-corrected chi connectivity index (χ1v) is 7.46. The average molecular weight is 353 g/mol. The molecule has 0 aromatic heterocycles. The van der Waals surface area contributed by atoms with Crippen molar-refractivity contribution in [1.82, 2.24) is 0 Å². The summed E-state index contributed by atoms with van der Waals surface area (Å²) in [7, 11) is 0. The number of hydrogen-bond acceptors (Lipinski definition) is 4. The number of halogens is 2. The van der Waals surface area contributed by atoms with Crippen LogP contribution < -0.4 is 11.1 Å². The highest BCUT2D eigenvalue weighted by molar-refractivity contribution is 6.34. The quantitative estimate of drug-likeness (QED) is 0.648. The van der Waals surface area contributed by atoms with Crippen LogP contribution in [0, 0.1) is 0 Å². The number of amides is 1. The van der Waals surface area contributed by atoms with Gasteiger partial charge in [0, 0.05) is 0 Å². The van der Waals surface area contributed by atoms with Crippen LogP contribution in [-0.2, 0) is 9.53 Å². The fourth-order valence-electron chi connectivity index (χ4n) is 1.79. The Hall–Kier alpha value is -2.24. The molecule has 2 rings (SSSR count). The second-order valence-electron chi connectivity index (χ2n) is 4.72. The Bertz CT molecular complexity index is 750. The van der Waals surface area contributed by atoms with Gasteiger partial charge < -0.3 is 15.8 Å². The van der Waals surface area contributed by atoms with Gasteiger partial charge in [-0.3, -0.25) is 4.79 Å². The zero-order chi connectivity index (χ0) is 17.0. The highest BCUT2D eigenvalue weighted by Crippen LogP contribution is 2.24. The summed E-state index contributed by atoms with van der Waals surface area (Å²) in [5.74, 6) is -1.24. The number of hydrogen-bond donors (Lipinski definition) is 2. The van der Waals surface area contributed by atoms with E-state index in [9.17, 15) is 9.59 Å². The number of nitrogens with two attached hydrogens (primary N) is 1. The summed E-state index contributed by atoms with van der Waals surface area (Å²) >= 11 is 11.8. The molecule has 0 unspecified atom stereocenters. The van der Waals surface area contributed by atoms with E-state index in [-0.39, 0.29) is 16.3 Å². The van der Waals surface area contributed by atoms with Crippen LogP contribution in [0.1, 0.15) is 17.3 Å². The van der Waals surface area contributed by atoms with Gasteiger partial charge in [0.25, 0.3) is 5.91 Å². The van der Waals surface area contributed by atoms with Crippen molar-refractivity contribution in [2.45, 2.75) is 13.0 Å². The molecule has 0 aliphatic rings. The second kappa shape index (κ2) is 7.35. The zero-order valence-corrected chi connectivity index (χ0v) is 13.7. The number of nitrogens with one attached hydrogen (secondary N) is 1. The van der Waals surface area contributed by atoms with Crippen LogP contribution in [0.4, 0.5) is 11.4 Å². The van der Waals surface area contributed by atoms with E-state index in [0.29, 0.717) is 10.7 Å². The third kappa shape index (κ3) is 4.15. The van der Waals surface area contributed by atoms with Crippen LogP contribution in [0.25, 0.3) is 0 Å². The summed E-state index contributed by atoms with van der Waals surface area (Å²) < 4.78 is 5.11. The molecule has 3 N–H and O–H groups in total. The minimum Gasteiger partial charge on any atom is -0.449 e. The molecule has 2 aromatic rings. The monoisotopic (exact) mass is 352 g/mol. The molecule has 120 valence electrons. The Balaban J connectivity index is 2.05. The molecule has 1 atom stereocenters. The number of esters is 1. The van der Waals surface area contributed by atoms with Gasteiger partial charge >= 0.3 is 5.97 Å². The van der Waals surface area contributed by atoms with Crippen molar-refractivity contribution >= 4 is 46.5 Å². The van der Waals surface area contributed by atoms with E-state index in [4.69, 9.17) is 33.7 Å². The Morgan fingerprint density at radius 2 is 1.74 bits per heavy atom. The molecule has 23 heavy (non-hydrogen) atoms. The molecule has 1 amide bonds. The smallest absolute Gasteiger partial charge is 0.341 e. The molecule has 0 bridgehead atoms. The number of carbonyl (C=O) groups excluding carboxylic acids is 2. The predicted octanol–water partition coefficient (Wildman–Crippen LogP) is 3.76. The van der Waals surface area contributed by atoms with Crippen LogP contribution in [-0.4, -0.2) is 18.0 Å². The van der Waals surface area contributed by atoms with Crippen molar-refractivity contribution < 1.29 is 14.3 Å². The lowest BCUT2D eigenvalue weighted by atomic mass is 10.2. The maximum atomic E-state index is 12.1. The third-order valence-electron chi connectivity index (χ3n) is 3.06. The average Bonchev–Trinajstić information content (AvgIpc) is 2.52. The Labute approximate surface area is 143 Å². The molecule has 0 saturated heterocycles. The molecule has 0 aliphatic heterocycles. The largest absolute Gasteiger partial charge is 0.449 e. The molecule has 0 spiro atoms. The van der Waals surface area contributed by atoms with Crippen molar-refractivity contribution in [3.05, 3.63) is 58.1 Å². The van der Waals surface area contributed by atoms with Gasteiger partial charge in [-0.25, -0.2) is 4.79 Å². The first-order valence-electron chi connectivity index (χ1n) is 6.70. The van der Waals surface area contributed by atoms with Crippen molar-refractivity contribution in [2.24, 2.45) is 0 Å². The molecule has 7 heteroatoms. The summed E-state index contributed by atoms with van der Waals surface area (Å²) in [4.78, 5) is 24.2. The van der Waals surface area contributed by atoms with E-state index < -0.39 is 18.0 Å². The molecule has 0 radical (unpaired) electrons. The Morgan fingerprint density at radius 3 is 2.43 bits per heavy atom. The SMILES string of the molecule is C[C@@H](OC(=O)c1cccc(Cl)c1N)C(=O)Nc1ccccc1Cl. The van der Waals surface area contributed by atoms with Crippen LogP contribution >= 0.6 is 23.2 Å². The van der Waals surface area contributed by atoms with Crippen LogP contribution in [0.15, 0.2) is 42.5 Å². The highest BCUT2D eigenvalue weighted by Gasteiger charge is 2.21. The number of benzene rings is 2. The van der Waals surface area contributed by atoms with Gasteiger partial charge in [-0.2, -0.15) is 0 Å². The van der Waals surface area contributed by atoms with Gasteiger partial charge in [-0.15, -0.1) is 0 Å². The van der Waals surface area contributed by atoms with Gasteiger partial charge in [0.2, 0.25) is 0 Å². The first kappa shape index (κ1) is 17.1.